The monoisotopic (exact) mass is 283 g/mol. The Kier molecular flexibility index (Phi) is 5.87. The standard InChI is InChI=1S/C15H22ClNS/c1-18-9-8-12(11-17-14-6-7-14)10-13-4-2-3-5-15(13)16/h2-5,12,14,17H,6-11H2,1H3. The fourth-order valence-electron chi connectivity index (χ4n) is 2.16. The molecular formula is C15H22ClNS. The Labute approximate surface area is 120 Å². The predicted octanol–water partition coefficient (Wildman–Crippen LogP) is 4.00. The van der Waals surface area contributed by atoms with Crippen molar-refractivity contribution in [3.05, 3.63) is 34.9 Å². The predicted molar refractivity (Wildman–Crippen MR) is 82.7 cm³/mol. The van der Waals surface area contributed by atoms with Crippen LogP contribution in [0.25, 0.3) is 0 Å². The third-order valence-electron chi connectivity index (χ3n) is 3.47. The second-order valence-electron chi connectivity index (χ2n) is 5.13. The van der Waals surface area contributed by atoms with E-state index in [0.717, 1.165) is 24.0 Å². The molecule has 0 aliphatic heterocycles. The molecule has 1 atom stereocenters. The molecule has 2 rings (SSSR count). The Balaban J connectivity index is 1.87. The minimum Gasteiger partial charge on any atom is -0.314 e. The van der Waals surface area contributed by atoms with Gasteiger partial charge in [-0.05, 0) is 61.8 Å². The third-order valence-corrected chi connectivity index (χ3v) is 4.48. The Morgan fingerprint density at radius 2 is 2.17 bits per heavy atom. The smallest absolute Gasteiger partial charge is 0.0438 e. The number of halogens is 1. The third kappa shape index (κ3) is 4.83. The summed E-state index contributed by atoms with van der Waals surface area (Å²) < 4.78 is 0. The van der Waals surface area contributed by atoms with E-state index >= 15 is 0 Å². The fraction of sp³-hybridized carbons (Fsp3) is 0.600. The maximum atomic E-state index is 6.25. The van der Waals surface area contributed by atoms with Crippen molar-refractivity contribution in [3.63, 3.8) is 0 Å². The van der Waals surface area contributed by atoms with Gasteiger partial charge in [-0.2, -0.15) is 11.8 Å². The molecule has 1 unspecified atom stereocenters. The van der Waals surface area contributed by atoms with E-state index in [1.54, 1.807) is 0 Å². The molecule has 1 aliphatic carbocycles. The van der Waals surface area contributed by atoms with E-state index in [2.05, 4.69) is 23.7 Å². The molecule has 3 heteroatoms. The average molecular weight is 284 g/mol. The van der Waals surface area contributed by atoms with Crippen LogP contribution in [0.1, 0.15) is 24.8 Å². The first-order valence-electron chi connectivity index (χ1n) is 6.75. The lowest BCUT2D eigenvalue weighted by atomic mass is 9.96. The van der Waals surface area contributed by atoms with Crippen LogP contribution >= 0.6 is 23.4 Å². The van der Waals surface area contributed by atoms with Gasteiger partial charge in [-0.25, -0.2) is 0 Å². The van der Waals surface area contributed by atoms with Crippen LogP contribution in [0.5, 0.6) is 0 Å². The van der Waals surface area contributed by atoms with Gasteiger partial charge in [0.15, 0.2) is 0 Å². The zero-order chi connectivity index (χ0) is 12.8. The summed E-state index contributed by atoms with van der Waals surface area (Å²) in [6.07, 6.45) is 7.27. The molecule has 1 aromatic rings. The van der Waals surface area contributed by atoms with Crippen LogP contribution < -0.4 is 5.32 Å². The second kappa shape index (κ2) is 7.42. The molecule has 1 fully saturated rings. The van der Waals surface area contributed by atoms with Gasteiger partial charge >= 0.3 is 0 Å². The van der Waals surface area contributed by atoms with Gasteiger partial charge in [0, 0.05) is 11.1 Å². The van der Waals surface area contributed by atoms with Crippen LogP contribution in [0.2, 0.25) is 5.02 Å². The second-order valence-corrected chi connectivity index (χ2v) is 6.52. The Bertz CT molecular complexity index is 365. The molecule has 18 heavy (non-hydrogen) atoms. The Morgan fingerprint density at radius 3 is 2.83 bits per heavy atom. The van der Waals surface area contributed by atoms with E-state index in [4.69, 9.17) is 11.6 Å². The minimum atomic E-state index is 0.706. The summed E-state index contributed by atoms with van der Waals surface area (Å²) in [5.41, 5.74) is 1.29. The molecule has 0 heterocycles. The first-order chi connectivity index (χ1) is 8.79. The van der Waals surface area contributed by atoms with E-state index in [9.17, 15) is 0 Å². The lowest BCUT2D eigenvalue weighted by Gasteiger charge is -2.18. The van der Waals surface area contributed by atoms with Gasteiger partial charge in [-0.3, -0.25) is 0 Å². The van der Waals surface area contributed by atoms with E-state index in [-0.39, 0.29) is 0 Å². The number of rotatable bonds is 8. The van der Waals surface area contributed by atoms with Gasteiger partial charge in [-0.1, -0.05) is 29.8 Å². The molecule has 1 nitrogen and oxygen atoms in total. The van der Waals surface area contributed by atoms with Crippen LogP contribution in [0.15, 0.2) is 24.3 Å². The van der Waals surface area contributed by atoms with Crippen LogP contribution in [-0.4, -0.2) is 24.6 Å². The summed E-state index contributed by atoms with van der Waals surface area (Å²) in [6, 6.07) is 9.04. The summed E-state index contributed by atoms with van der Waals surface area (Å²) in [7, 11) is 0. The van der Waals surface area contributed by atoms with Crippen LogP contribution in [0.3, 0.4) is 0 Å². The van der Waals surface area contributed by atoms with Gasteiger partial charge in [-0.15, -0.1) is 0 Å². The minimum absolute atomic E-state index is 0.706. The fourth-order valence-corrected chi connectivity index (χ4v) is 2.94. The molecule has 0 saturated heterocycles. The molecule has 0 amide bonds. The van der Waals surface area contributed by atoms with Gasteiger partial charge in [0.1, 0.15) is 0 Å². The lowest BCUT2D eigenvalue weighted by molar-refractivity contribution is 0.462. The van der Waals surface area contributed by atoms with Gasteiger partial charge in [0.05, 0.1) is 0 Å². The molecule has 1 aromatic carbocycles. The number of thioether (sulfide) groups is 1. The van der Waals surface area contributed by atoms with Crippen LogP contribution in [0, 0.1) is 5.92 Å². The zero-order valence-corrected chi connectivity index (χ0v) is 12.6. The highest BCUT2D eigenvalue weighted by molar-refractivity contribution is 7.98. The summed E-state index contributed by atoms with van der Waals surface area (Å²) in [5.74, 6) is 1.94. The van der Waals surface area contributed by atoms with Crippen molar-refractivity contribution in [2.75, 3.05) is 18.6 Å². The van der Waals surface area contributed by atoms with Gasteiger partial charge < -0.3 is 5.32 Å². The SMILES string of the molecule is CSCCC(CNC1CC1)Cc1ccccc1Cl. The number of nitrogens with one attached hydrogen (secondary N) is 1. The van der Waals surface area contributed by atoms with Crippen molar-refractivity contribution >= 4 is 23.4 Å². The highest BCUT2D eigenvalue weighted by Crippen LogP contribution is 2.23. The van der Waals surface area contributed by atoms with Crippen LogP contribution in [-0.2, 0) is 6.42 Å². The largest absolute Gasteiger partial charge is 0.314 e. The van der Waals surface area contributed by atoms with Gasteiger partial charge in [0.2, 0.25) is 0 Å². The normalized spacial score (nSPS) is 16.8. The Morgan fingerprint density at radius 1 is 1.39 bits per heavy atom. The van der Waals surface area contributed by atoms with Crippen molar-refractivity contribution in [1.29, 1.82) is 0 Å². The van der Waals surface area contributed by atoms with Crippen molar-refractivity contribution in [2.24, 2.45) is 5.92 Å². The summed E-state index contributed by atoms with van der Waals surface area (Å²) in [4.78, 5) is 0. The van der Waals surface area contributed by atoms with E-state index in [1.807, 2.05) is 23.9 Å². The van der Waals surface area contributed by atoms with E-state index in [0.29, 0.717) is 5.92 Å². The van der Waals surface area contributed by atoms with Crippen molar-refractivity contribution in [2.45, 2.75) is 31.7 Å². The lowest BCUT2D eigenvalue weighted by Crippen LogP contribution is -2.26. The molecule has 0 spiro atoms. The first-order valence-corrected chi connectivity index (χ1v) is 8.52. The molecule has 0 bridgehead atoms. The Hall–Kier alpha value is -0.180. The zero-order valence-electron chi connectivity index (χ0n) is 11.0. The molecule has 0 radical (unpaired) electrons. The molecule has 1 saturated carbocycles. The van der Waals surface area contributed by atoms with Crippen molar-refractivity contribution in [3.8, 4) is 0 Å². The maximum absolute atomic E-state index is 6.25. The number of hydrogen-bond donors (Lipinski definition) is 1. The topological polar surface area (TPSA) is 12.0 Å². The molecule has 0 aromatic heterocycles. The quantitative estimate of drug-likeness (QED) is 0.774. The van der Waals surface area contributed by atoms with E-state index < -0.39 is 0 Å². The number of benzene rings is 1. The molecule has 1 aliphatic rings. The number of hydrogen-bond acceptors (Lipinski definition) is 2. The van der Waals surface area contributed by atoms with E-state index in [1.165, 1.54) is 30.6 Å². The average Bonchev–Trinajstić information content (AvgIpc) is 3.19. The van der Waals surface area contributed by atoms with Crippen molar-refractivity contribution in [1.82, 2.24) is 5.32 Å². The summed E-state index contributed by atoms with van der Waals surface area (Å²) in [5, 5.41) is 4.57. The summed E-state index contributed by atoms with van der Waals surface area (Å²) in [6.45, 7) is 1.14. The molecular weight excluding hydrogens is 262 g/mol. The molecule has 1 N–H and O–H groups in total. The van der Waals surface area contributed by atoms with Gasteiger partial charge in [0.25, 0.3) is 0 Å². The molecule has 100 valence electrons. The van der Waals surface area contributed by atoms with Crippen molar-refractivity contribution < 1.29 is 0 Å². The van der Waals surface area contributed by atoms with Crippen LogP contribution in [0.4, 0.5) is 0 Å². The first kappa shape index (κ1) is 14.2. The summed E-state index contributed by atoms with van der Waals surface area (Å²) >= 11 is 8.19. The maximum Gasteiger partial charge on any atom is 0.0438 e. The highest BCUT2D eigenvalue weighted by atomic mass is 35.5. The highest BCUT2D eigenvalue weighted by Gasteiger charge is 2.22.